The lowest BCUT2D eigenvalue weighted by Gasteiger charge is -2.16. The summed E-state index contributed by atoms with van der Waals surface area (Å²) in [6.45, 7) is 1.33. The number of halogens is 1. The molecular weight excluding hydrogens is 199 g/mol. The van der Waals surface area contributed by atoms with Crippen molar-refractivity contribution in [3.8, 4) is 0 Å². The first-order valence-electron chi connectivity index (χ1n) is 4.54. The summed E-state index contributed by atoms with van der Waals surface area (Å²) in [4.78, 5) is 22.3. The van der Waals surface area contributed by atoms with Crippen molar-refractivity contribution in [2.75, 3.05) is 0 Å². The number of carbonyl (C=O) groups is 2. The average Bonchev–Trinajstić information content (AvgIpc) is 2.28. The van der Waals surface area contributed by atoms with Crippen LogP contribution in [0.25, 0.3) is 0 Å². The summed E-state index contributed by atoms with van der Waals surface area (Å²) in [6, 6.07) is 7.59. The first kappa shape index (κ1) is 11.4. The van der Waals surface area contributed by atoms with Crippen LogP contribution in [0.5, 0.6) is 0 Å². The van der Waals surface area contributed by atoms with Crippen LogP contribution < -0.4 is 0 Å². The molecule has 1 N–H and O–H groups in total. The minimum atomic E-state index is -2.82. The minimum Gasteiger partial charge on any atom is -0.479 e. The second kappa shape index (κ2) is 4.21. The number of carboxylic acids is 1. The number of rotatable bonds is 4. The molecule has 0 saturated heterocycles. The van der Waals surface area contributed by atoms with Gasteiger partial charge < -0.3 is 5.11 Å². The van der Waals surface area contributed by atoms with Gasteiger partial charge in [-0.25, -0.2) is 9.18 Å². The normalized spacial score (nSPS) is 14.3. The standard InChI is InChI=1S/C11H11FO3/c1-2-11(12,10(14)15)9(13)8-6-4-3-5-7-8/h3-7H,2H2,1H3,(H,14,15). The van der Waals surface area contributed by atoms with Crippen molar-refractivity contribution in [2.24, 2.45) is 0 Å². The molecule has 0 aliphatic carbocycles. The Morgan fingerprint density at radius 1 is 1.33 bits per heavy atom. The maximum atomic E-state index is 13.8. The van der Waals surface area contributed by atoms with Crippen molar-refractivity contribution in [3.63, 3.8) is 0 Å². The Morgan fingerprint density at radius 2 is 1.87 bits per heavy atom. The van der Waals surface area contributed by atoms with E-state index >= 15 is 0 Å². The zero-order valence-electron chi connectivity index (χ0n) is 8.24. The fourth-order valence-electron chi connectivity index (χ4n) is 1.23. The quantitative estimate of drug-likeness (QED) is 0.611. The maximum Gasteiger partial charge on any atom is 0.349 e. The number of Topliss-reactive ketones (excluding diaryl/α,β-unsaturated/α-hetero) is 1. The summed E-state index contributed by atoms with van der Waals surface area (Å²) in [5.74, 6) is -2.74. The zero-order valence-corrected chi connectivity index (χ0v) is 8.24. The van der Waals surface area contributed by atoms with Gasteiger partial charge in [-0.15, -0.1) is 0 Å². The highest BCUT2D eigenvalue weighted by Gasteiger charge is 2.45. The minimum absolute atomic E-state index is 0.0734. The summed E-state index contributed by atoms with van der Waals surface area (Å²) in [5.41, 5.74) is -2.74. The molecular formula is C11H11FO3. The summed E-state index contributed by atoms with van der Waals surface area (Å²) in [7, 11) is 0. The van der Waals surface area contributed by atoms with Crippen molar-refractivity contribution in [1.29, 1.82) is 0 Å². The zero-order chi connectivity index (χ0) is 11.5. The second-order valence-electron chi connectivity index (χ2n) is 3.16. The number of carboxylic acid groups (broad SMARTS) is 1. The van der Waals surface area contributed by atoms with Gasteiger partial charge in [-0.05, 0) is 6.42 Å². The molecule has 0 heterocycles. The molecule has 1 atom stereocenters. The molecule has 15 heavy (non-hydrogen) atoms. The Bertz CT molecular complexity index is 375. The third-order valence-corrected chi connectivity index (χ3v) is 2.22. The molecule has 0 amide bonds. The van der Waals surface area contributed by atoms with E-state index in [4.69, 9.17) is 5.11 Å². The van der Waals surface area contributed by atoms with E-state index in [1.807, 2.05) is 0 Å². The van der Waals surface area contributed by atoms with Gasteiger partial charge in [-0.3, -0.25) is 4.79 Å². The number of hydrogen-bond donors (Lipinski definition) is 1. The predicted octanol–water partition coefficient (Wildman–Crippen LogP) is 2.07. The molecule has 0 aliphatic heterocycles. The molecule has 1 aromatic carbocycles. The number of benzene rings is 1. The lowest BCUT2D eigenvalue weighted by molar-refractivity contribution is -0.147. The Labute approximate surface area is 86.5 Å². The summed E-state index contributed by atoms with van der Waals surface area (Å²) >= 11 is 0. The monoisotopic (exact) mass is 210 g/mol. The molecule has 0 saturated carbocycles. The number of hydrogen-bond acceptors (Lipinski definition) is 2. The van der Waals surface area contributed by atoms with E-state index in [1.54, 1.807) is 18.2 Å². The average molecular weight is 210 g/mol. The molecule has 0 bridgehead atoms. The summed E-state index contributed by atoms with van der Waals surface area (Å²) in [6.07, 6.45) is -0.379. The first-order valence-corrected chi connectivity index (χ1v) is 4.54. The van der Waals surface area contributed by atoms with Crippen molar-refractivity contribution in [3.05, 3.63) is 35.9 Å². The highest BCUT2D eigenvalue weighted by molar-refractivity contribution is 6.14. The van der Waals surface area contributed by atoms with Crippen LogP contribution in [0.15, 0.2) is 30.3 Å². The molecule has 4 heteroatoms. The third-order valence-electron chi connectivity index (χ3n) is 2.22. The van der Waals surface area contributed by atoms with Gasteiger partial charge in [0.1, 0.15) is 0 Å². The highest BCUT2D eigenvalue weighted by Crippen LogP contribution is 2.22. The van der Waals surface area contributed by atoms with Crippen LogP contribution in [-0.2, 0) is 4.79 Å². The van der Waals surface area contributed by atoms with Crippen molar-refractivity contribution in [1.82, 2.24) is 0 Å². The Morgan fingerprint density at radius 3 is 2.27 bits per heavy atom. The van der Waals surface area contributed by atoms with E-state index in [0.29, 0.717) is 0 Å². The van der Waals surface area contributed by atoms with Gasteiger partial charge in [0.05, 0.1) is 0 Å². The second-order valence-corrected chi connectivity index (χ2v) is 3.16. The molecule has 0 radical (unpaired) electrons. The number of aliphatic carboxylic acids is 1. The predicted molar refractivity (Wildman–Crippen MR) is 52.5 cm³/mol. The maximum absolute atomic E-state index is 13.8. The topological polar surface area (TPSA) is 54.4 Å². The van der Waals surface area contributed by atoms with Gasteiger partial charge in [-0.2, -0.15) is 0 Å². The third kappa shape index (κ3) is 2.03. The fourth-order valence-corrected chi connectivity index (χ4v) is 1.23. The van der Waals surface area contributed by atoms with Crippen LogP contribution in [0.1, 0.15) is 23.7 Å². The Hall–Kier alpha value is -1.71. The Kier molecular flexibility index (Phi) is 3.19. The van der Waals surface area contributed by atoms with E-state index in [-0.39, 0.29) is 12.0 Å². The summed E-state index contributed by atoms with van der Waals surface area (Å²) < 4.78 is 13.8. The molecule has 0 aromatic heterocycles. The van der Waals surface area contributed by atoms with E-state index < -0.39 is 17.4 Å². The van der Waals surface area contributed by atoms with Crippen LogP contribution in [0, 0.1) is 0 Å². The summed E-state index contributed by atoms with van der Waals surface area (Å²) in [5, 5.41) is 8.67. The number of ketones is 1. The van der Waals surface area contributed by atoms with Crippen molar-refractivity contribution < 1.29 is 19.1 Å². The fraction of sp³-hybridized carbons (Fsp3) is 0.273. The van der Waals surface area contributed by atoms with E-state index in [2.05, 4.69) is 0 Å². The molecule has 80 valence electrons. The van der Waals surface area contributed by atoms with Crippen LogP contribution in [0.2, 0.25) is 0 Å². The van der Waals surface area contributed by atoms with Gasteiger partial charge in [0.25, 0.3) is 5.67 Å². The van der Waals surface area contributed by atoms with Crippen LogP contribution in [0.4, 0.5) is 4.39 Å². The molecule has 1 unspecified atom stereocenters. The number of carbonyl (C=O) groups excluding carboxylic acids is 1. The van der Waals surface area contributed by atoms with E-state index in [0.717, 1.165) is 0 Å². The lowest BCUT2D eigenvalue weighted by Crippen LogP contribution is -2.41. The van der Waals surface area contributed by atoms with Gasteiger partial charge in [0.2, 0.25) is 5.78 Å². The van der Waals surface area contributed by atoms with Gasteiger partial charge in [0, 0.05) is 5.56 Å². The smallest absolute Gasteiger partial charge is 0.349 e. The highest BCUT2D eigenvalue weighted by atomic mass is 19.1. The van der Waals surface area contributed by atoms with Crippen LogP contribution in [-0.4, -0.2) is 22.5 Å². The SMILES string of the molecule is CCC(F)(C(=O)O)C(=O)c1ccccc1. The van der Waals surface area contributed by atoms with E-state index in [9.17, 15) is 14.0 Å². The van der Waals surface area contributed by atoms with Gasteiger partial charge in [0.15, 0.2) is 0 Å². The van der Waals surface area contributed by atoms with Crippen molar-refractivity contribution >= 4 is 11.8 Å². The molecule has 3 nitrogen and oxygen atoms in total. The first-order chi connectivity index (χ1) is 7.02. The molecule has 0 fully saturated rings. The lowest BCUT2D eigenvalue weighted by atomic mass is 9.92. The molecule has 1 rings (SSSR count). The van der Waals surface area contributed by atoms with Crippen LogP contribution >= 0.6 is 0 Å². The molecule has 0 spiro atoms. The molecule has 0 aliphatic rings. The van der Waals surface area contributed by atoms with Crippen LogP contribution in [0.3, 0.4) is 0 Å². The Balaban J connectivity index is 3.08. The van der Waals surface area contributed by atoms with Gasteiger partial charge >= 0.3 is 5.97 Å². The van der Waals surface area contributed by atoms with E-state index in [1.165, 1.54) is 19.1 Å². The molecule has 1 aromatic rings. The van der Waals surface area contributed by atoms with Crippen molar-refractivity contribution in [2.45, 2.75) is 19.0 Å². The number of alkyl halides is 1. The van der Waals surface area contributed by atoms with Gasteiger partial charge in [-0.1, -0.05) is 37.3 Å². The largest absolute Gasteiger partial charge is 0.479 e.